The summed E-state index contributed by atoms with van der Waals surface area (Å²) in [6.07, 6.45) is 5.15. The predicted octanol–water partition coefficient (Wildman–Crippen LogP) is 8.34. The zero-order chi connectivity index (χ0) is 35.7. The number of thiophene rings is 2. The SMILES string of the molecule is Cc1ccc(C2=Cc3c(-c4ccc(C(C)(C)C)cc4)cccc3[CH]2[Hf+2][CH]2C(c3ccc(C)s3)=Cc3c(-c4ccc(C(C)(C)C)cc4)cccc32)s1.[Cl-].[Cl-]. The van der Waals surface area contributed by atoms with E-state index in [0.29, 0.717) is 7.35 Å². The summed E-state index contributed by atoms with van der Waals surface area (Å²) in [6, 6.07) is 42.3. The van der Waals surface area contributed by atoms with Crippen LogP contribution in [0.4, 0.5) is 0 Å². The molecule has 0 aliphatic heterocycles. The molecule has 53 heavy (non-hydrogen) atoms. The standard InChI is InChI=1S/2C24H23S.2ClH.Hf/c2*1-16-8-13-23(25-16)19-14-18-6-5-7-21(22(18)15-19)17-9-11-20(12-10-17)24(2,3)4;;;/h2*5-15H,1-4H3;2*1H;/q;;;;+2/p-2. The minimum Gasteiger partial charge on any atom is -1.00 e. The molecule has 0 saturated heterocycles. The Morgan fingerprint density at radius 3 is 1.17 bits per heavy atom. The van der Waals surface area contributed by atoms with E-state index in [1.165, 1.54) is 64.0 Å². The van der Waals surface area contributed by atoms with Crippen molar-refractivity contribution in [3.63, 3.8) is 0 Å². The van der Waals surface area contributed by atoms with Crippen LogP contribution in [-0.4, -0.2) is 0 Å². The van der Waals surface area contributed by atoms with Gasteiger partial charge in [-0.3, -0.25) is 0 Å². The van der Waals surface area contributed by atoms with E-state index in [4.69, 9.17) is 0 Å². The van der Waals surface area contributed by atoms with Gasteiger partial charge in [0.15, 0.2) is 0 Å². The molecule has 0 amide bonds. The molecular weight excluding hydrogens is 890 g/mol. The predicted molar refractivity (Wildman–Crippen MR) is 220 cm³/mol. The van der Waals surface area contributed by atoms with Crippen LogP contribution in [0.25, 0.3) is 45.6 Å². The third-order valence-electron chi connectivity index (χ3n) is 10.6. The van der Waals surface area contributed by atoms with Gasteiger partial charge in [-0.15, -0.1) is 0 Å². The van der Waals surface area contributed by atoms with E-state index in [2.05, 4.69) is 177 Å². The molecule has 2 unspecified atom stereocenters. The summed E-state index contributed by atoms with van der Waals surface area (Å²) >= 11 is 2.42. The fourth-order valence-electron chi connectivity index (χ4n) is 7.74. The Labute approximate surface area is 348 Å². The van der Waals surface area contributed by atoms with E-state index in [1.54, 1.807) is 22.3 Å². The number of fused-ring (bicyclic) bond motifs is 2. The summed E-state index contributed by atoms with van der Waals surface area (Å²) < 4.78 is 0.976. The van der Waals surface area contributed by atoms with Crippen LogP contribution >= 0.6 is 22.7 Å². The van der Waals surface area contributed by atoms with Crippen LogP contribution in [0.5, 0.6) is 0 Å². The summed E-state index contributed by atoms with van der Waals surface area (Å²) in [4.78, 5) is 5.65. The fourth-order valence-corrected chi connectivity index (χ4v) is 17.6. The molecule has 5 heteroatoms. The molecule has 4 aromatic carbocycles. The van der Waals surface area contributed by atoms with Crippen molar-refractivity contribution in [3.8, 4) is 22.3 Å². The van der Waals surface area contributed by atoms with Crippen molar-refractivity contribution in [2.24, 2.45) is 0 Å². The van der Waals surface area contributed by atoms with Gasteiger partial charge >= 0.3 is 327 Å². The topological polar surface area (TPSA) is 0 Å². The second-order valence-electron chi connectivity index (χ2n) is 16.3. The molecule has 0 fully saturated rings. The monoisotopic (exact) mass is 936 g/mol. The van der Waals surface area contributed by atoms with Gasteiger partial charge in [0.05, 0.1) is 0 Å². The zero-order valence-electron chi connectivity index (χ0n) is 31.8. The second-order valence-corrected chi connectivity index (χ2v) is 24.2. The molecule has 0 nitrogen and oxygen atoms in total. The molecule has 2 aliphatic carbocycles. The van der Waals surface area contributed by atoms with Crippen LogP contribution in [0.2, 0.25) is 0 Å². The summed E-state index contributed by atoms with van der Waals surface area (Å²) in [7, 11) is 0. The molecule has 0 bridgehead atoms. The van der Waals surface area contributed by atoms with Crippen LogP contribution in [0.15, 0.2) is 109 Å². The molecule has 0 radical (unpaired) electrons. The number of hydrogen-bond acceptors (Lipinski definition) is 2. The van der Waals surface area contributed by atoms with Gasteiger partial charge < -0.3 is 24.8 Å². The first kappa shape index (κ1) is 39.9. The van der Waals surface area contributed by atoms with Crippen molar-refractivity contribution >= 4 is 46.0 Å². The van der Waals surface area contributed by atoms with E-state index in [0.717, 1.165) is 0 Å². The third-order valence-corrected chi connectivity index (χ3v) is 19.6. The summed E-state index contributed by atoms with van der Waals surface area (Å²) in [5.74, 6) is 0. The van der Waals surface area contributed by atoms with E-state index < -0.39 is 22.9 Å². The maximum atomic E-state index is 2.58. The largest absolute Gasteiger partial charge is 1.00 e. The van der Waals surface area contributed by atoms with Gasteiger partial charge in [-0.2, -0.15) is 0 Å². The van der Waals surface area contributed by atoms with E-state index in [1.807, 2.05) is 22.7 Å². The maximum absolute atomic E-state index is 2.58. The molecule has 2 heterocycles. The van der Waals surface area contributed by atoms with Crippen molar-refractivity contribution in [3.05, 3.63) is 162 Å². The van der Waals surface area contributed by atoms with Crippen LogP contribution in [-0.2, 0) is 33.7 Å². The van der Waals surface area contributed by atoms with Gasteiger partial charge in [-0.25, -0.2) is 0 Å². The normalized spacial score (nSPS) is 16.2. The van der Waals surface area contributed by atoms with Gasteiger partial charge in [0.25, 0.3) is 0 Å². The van der Waals surface area contributed by atoms with E-state index in [-0.39, 0.29) is 35.6 Å². The average molecular weight is 936 g/mol. The number of hydrogen-bond donors (Lipinski definition) is 0. The maximum Gasteiger partial charge on any atom is -1.00 e. The smallest absolute Gasteiger partial charge is 1.00 e. The molecule has 2 atom stereocenters. The van der Waals surface area contributed by atoms with Gasteiger partial charge in [-0.05, 0) is 0 Å². The van der Waals surface area contributed by atoms with Crippen molar-refractivity contribution in [2.45, 2.75) is 73.6 Å². The summed E-state index contributed by atoms with van der Waals surface area (Å²) in [5.41, 5.74) is 17.4. The summed E-state index contributed by atoms with van der Waals surface area (Å²) in [5, 5.41) is 0. The minimum atomic E-state index is -1.51. The molecule has 8 rings (SSSR count). The Morgan fingerprint density at radius 1 is 0.472 bits per heavy atom. The number of rotatable bonds is 6. The van der Waals surface area contributed by atoms with Crippen molar-refractivity contribution in [1.29, 1.82) is 0 Å². The first-order chi connectivity index (χ1) is 24.3. The Kier molecular flexibility index (Phi) is 11.6. The van der Waals surface area contributed by atoms with Crippen molar-refractivity contribution in [2.75, 3.05) is 0 Å². The molecule has 0 spiro atoms. The zero-order valence-corrected chi connectivity index (χ0v) is 38.5. The molecule has 0 N–H and O–H groups in total. The molecule has 2 aliphatic rings. The number of aryl methyl sites for hydroxylation is 2. The molecule has 0 saturated carbocycles. The third kappa shape index (κ3) is 7.72. The molecule has 2 aromatic heterocycles. The molecule has 6 aromatic rings. The molecular formula is C48H46Cl2HfS2. The minimum absolute atomic E-state index is 0. The van der Waals surface area contributed by atoms with Crippen LogP contribution < -0.4 is 24.8 Å². The van der Waals surface area contributed by atoms with Gasteiger partial charge in [0, 0.05) is 0 Å². The van der Waals surface area contributed by atoms with Crippen LogP contribution in [0, 0.1) is 13.8 Å². The number of benzene rings is 4. The first-order valence-corrected chi connectivity index (χ1v) is 23.9. The van der Waals surface area contributed by atoms with Gasteiger partial charge in [0.2, 0.25) is 0 Å². The summed E-state index contributed by atoms with van der Waals surface area (Å²) in [6.45, 7) is 18.3. The number of halogens is 2. The Morgan fingerprint density at radius 2 is 0.849 bits per heavy atom. The fraction of sp³-hybridized carbons (Fsp3) is 0.250. The average Bonchev–Trinajstić information content (AvgIpc) is 3.90. The molecule has 268 valence electrons. The van der Waals surface area contributed by atoms with Crippen molar-refractivity contribution < 1.29 is 47.7 Å². The second kappa shape index (κ2) is 15.4. The number of allylic oxidation sites excluding steroid dienone is 2. The Bertz CT molecular complexity index is 2160. The van der Waals surface area contributed by atoms with Crippen molar-refractivity contribution in [1.82, 2.24) is 0 Å². The van der Waals surface area contributed by atoms with Gasteiger partial charge in [0.1, 0.15) is 0 Å². The van der Waals surface area contributed by atoms with Crippen LogP contribution in [0.1, 0.15) is 102 Å². The van der Waals surface area contributed by atoms with E-state index in [9.17, 15) is 0 Å². The van der Waals surface area contributed by atoms with Gasteiger partial charge in [-0.1, -0.05) is 0 Å². The quantitative estimate of drug-likeness (QED) is 0.148. The first-order valence-electron chi connectivity index (χ1n) is 18.2. The van der Waals surface area contributed by atoms with E-state index >= 15 is 0 Å². The van der Waals surface area contributed by atoms with Crippen LogP contribution in [0.3, 0.4) is 0 Å². The Hall–Kier alpha value is -2.79. The Balaban J connectivity index is 0.00000240.